The summed E-state index contributed by atoms with van der Waals surface area (Å²) in [6, 6.07) is 8.38. The van der Waals surface area contributed by atoms with Gasteiger partial charge in [0.05, 0.1) is 0 Å². The van der Waals surface area contributed by atoms with Crippen LogP contribution in [0.15, 0.2) is 47.6 Å². The highest BCUT2D eigenvalue weighted by Gasteiger charge is 2.39. The molecule has 0 radical (unpaired) electrons. The molecule has 1 fully saturated rings. The number of para-hydroxylation sites is 1. The number of nitrogens with zero attached hydrogens (tertiary/aromatic N) is 1. The predicted molar refractivity (Wildman–Crippen MR) is 108 cm³/mol. The fourth-order valence-electron chi connectivity index (χ4n) is 4.49. The summed E-state index contributed by atoms with van der Waals surface area (Å²) in [6.07, 6.45) is 6.23. The molecule has 4 heteroatoms. The van der Waals surface area contributed by atoms with E-state index in [-0.39, 0.29) is 0 Å². The molecular formula is C23H31NO3. The Bertz CT molecular complexity index is 755. The molecule has 1 N–H and O–H groups in total. The summed E-state index contributed by atoms with van der Waals surface area (Å²) in [4.78, 5) is 13.7. The van der Waals surface area contributed by atoms with Crippen molar-refractivity contribution in [1.82, 2.24) is 4.90 Å². The van der Waals surface area contributed by atoms with E-state index in [0.717, 1.165) is 31.7 Å². The van der Waals surface area contributed by atoms with Gasteiger partial charge in [-0.2, -0.15) is 0 Å². The summed E-state index contributed by atoms with van der Waals surface area (Å²) in [7, 11) is 0. The van der Waals surface area contributed by atoms with Gasteiger partial charge in [0.15, 0.2) is 0 Å². The van der Waals surface area contributed by atoms with Gasteiger partial charge in [-0.05, 0) is 71.2 Å². The maximum absolute atomic E-state index is 11.6. The molecule has 1 atom stereocenters. The zero-order chi connectivity index (χ0) is 19.6. The van der Waals surface area contributed by atoms with Crippen LogP contribution >= 0.6 is 0 Å². The van der Waals surface area contributed by atoms with Crippen LogP contribution < -0.4 is 4.74 Å². The minimum Gasteiger partial charge on any atom is -0.489 e. The van der Waals surface area contributed by atoms with Crippen molar-refractivity contribution in [1.29, 1.82) is 0 Å². The first-order valence-corrected chi connectivity index (χ1v) is 9.88. The number of rotatable bonds is 4. The maximum atomic E-state index is 11.6. The largest absolute Gasteiger partial charge is 0.489 e. The minimum atomic E-state index is -0.809. The molecule has 0 aliphatic carbocycles. The first-order chi connectivity index (χ1) is 12.9. The number of ether oxygens (including phenoxy) is 1. The van der Waals surface area contributed by atoms with E-state index in [2.05, 4.69) is 42.2 Å². The summed E-state index contributed by atoms with van der Waals surface area (Å²) in [5, 5.41) is 9.54. The van der Waals surface area contributed by atoms with E-state index in [1.165, 1.54) is 16.7 Å². The van der Waals surface area contributed by atoms with Crippen molar-refractivity contribution in [3.63, 3.8) is 0 Å². The number of aliphatic carboxylic acids is 1. The highest BCUT2D eigenvalue weighted by Crippen LogP contribution is 2.45. The smallest absolute Gasteiger partial charge is 0.323 e. The van der Waals surface area contributed by atoms with Crippen LogP contribution in [0.5, 0.6) is 5.75 Å². The van der Waals surface area contributed by atoms with Gasteiger partial charge in [0, 0.05) is 11.5 Å². The second-order valence-corrected chi connectivity index (χ2v) is 8.20. The van der Waals surface area contributed by atoms with Crippen LogP contribution in [0.2, 0.25) is 0 Å². The molecule has 1 saturated heterocycles. The van der Waals surface area contributed by atoms with Crippen LogP contribution in [0.25, 0.3) is 0 Å². The van der Waals surface area contributed by atoms with E-state index in [1.807, 2.05) is 13.0 Å². The lowest BCUT2D eigenvalue weighted by atomic mass is 9.74. The molecule has 1 aromatic rings. The van der Waals surface area contributed by atoms with Gasteiger partial charge in [-0.3, -0.25) is 9.69 Å². The predicted octanol–water partition coefficient (Wildman–Crippen LogP) is 4.63. The Morgan fingerprint density at radius 2 is 1.93 bits per heavy atom. The molecule has 0 aromatic heterocycles. The van der Waals surface area contributed by atoms with Gasteiger partial charge in [0.1, 0.15) is 17.9 Å². The number of fused-ring (bicyclic) bond motifs is 1. The molecule has 27 heavy (non-hydrogen) atoms. The molecule has 0 spiro atoms. The van der Waals surface area contributed by atoms with Crippen LogP contribution in [0.4, 0.5) is 0 Å². The Balaban J connectivity index is 1.89. The Kier molecular flexibility index (Phi) is 5.75. The molecule has 146 valence electrons. The lowest BCUT2D eigenvalue weighted by molar-refractivity contribution is -0.150. The minimum absolute atomic E-state index is 0.324. The molecule has 1 aromatic carbocycles. The van der Waals surface area contributed by atoms with Gasteiger partial charge in [-0.25, -0.2) is 0 Å². The third kappa shape index (κ3) is 3.81. The average molecular weight is 370 g/mol. The van der Waals surface area contributed by atoms with Crippen molar-refractivity contribution >= 4 is 5.97 Å². The van der Waals surface area contributed by atoms with E-state index in [0.29, 0.717) is 18.4 Å². The second-order valence-electron chi connectivity index (χ2n) is 8.20. The van der Waals surface area contributed by atoms with Crippen molar-refractivity contribution < 1.29 is 14.6 Å². The van der Waals surface area contributed by atoms with Crippen LogP contribution in [0.3, 0.4) is 0 Å². The number of carboxylic acids is 1. The zero-order valence-electron chi connectivity index (χ0n) is 16.9. The molecule has 2 aliphatic heterocycles. The van der Waals surface area contributed by atoms with Crippen molar-refractivity contribution in [3.8, 4) is 5.75 Å². The van der Waals surface area contributed by atoms with E-state index in [1.54, 1.807) is 13.8 Å². The highest BCUT2D eigenvalue weighted by molar-refractivity contribution is 5.77. The molecule has 2 aliphatic rings. The molecule has 3 rings (SSSR count). The number of allylic oxidation sites excluding steroid dienone is 2. The quantitative estimate of drug-likeness (QED) is 0.841. The summed E-state index contributed by atoms with van der Waals surface area (Å²) in [5.74, 6) is 1.05. The van der Waals surface area contributed by atoms with E-state index < -0.39 is 11.5 Å². The van der Waals surface area contributed by atoms with Gasteiger partial charge in [-0.1, -0.05) is 35.9 Å². The Labute approximate surface area is 162 Å². The average Bonchev–Trinajstić information content (AvgIpc) is 2.79. The van der Waals surface area contributed by atoms with Gasteiger partial charge in [0.2, 0.25) is 0 Å². The van der Waals surface area contributed by atoms with Crippen LogP contribution in [0.1, 0.15) is 52.0 Å². The zero-order valence-corrected chi connectivity index (χ0v) is 16.9. The lowest BCUT2D eigenvalue weighted by Crippen LogP contribution is -2.53. The van der Waals surface area contributed by atoms with Gasteiger partial charge in [0.25, 0.3) is 0 Å². The molecular weight excluding hydrogens is 338 g/mol. The molecule has 2 heterocycles. The number of carboxylic acid groups (broad SMARTS) is 1. The molecule has 0 amide bonds. The van der Waals surface area contributed by atoms with Crippen LogP contribution in [-0.4, -0.2) is 41.2 Å². The standard InChI is InChI=1S/C23H31NO3/c1-5-8-18-15-27-20-10-7-6-9-19(20)21(16(18)2)17-11-13-24(14-12-17)23(3,4)22(25)26/h5-10,17,21H,11-15H2,1-4H3,(H,25,26)/b8-5-. The fraction of sp³-hybridized carbons (Fsp3) is 0.522. The summed E-state index contributed by atoms with van der Waals surface area (Å²) < 4.78 is 6.11. The third-order valence-electron chi connectivity index (χ3n) is 6.30. The third-order valence-corrected chi connectivity index (χ3v) is 6.30. The molecule has 0 bridgehead atoms. The SMILES string of the molecule is C/C=C\C1=C(C)C(C2CCN(C(C)(C)C(=O)O)CC2)c2ccccc2OC1. The van der Waals surface area contributed by atoms with Crippen LogP contribution in [-0.2, 0) is 4.79 Å². The van der Waals surface area contributed by atoms with Gasteiger partial charge in [-0.15, -0.1) is 0 Å². The topological polar surface area (TPSA) is 49.8 Å². The maximum Gasteiger partial charge on any atom is 0.323 e. The normalized spacial score (nSPS) is 22.4. The number of likely N-dealkylation sites (tertiary alicyclic amines) is 1. The molecule has 4 nitrogen and oxygen atoms in total. The van der Waals surface area contributed by atoms with Crippen molar-refractivity contribution in [2.45, 2.75) is 52.0 Å². The Morgan fingerprint density at radius 1 is 1.26 bits per heavy atom. The first-order valence-electron chi connectivity index (χ1n) is 9.88. The van der Waals surface area contributed by atoms with Crippen LogP contribution in [0, 0.1) is 5.92 Å². The summed E-state index contributed by atoms with van der Waals surface area (Å²) in [5.41, 5.74) is 3.10. The first kappa shape index (κ1) is 19.7. The number of hydrogen-bond acceptors (Lipinski definition) is 3. The lowest BCUT2D eigenvalue weighted by Gasteiger charge is -2.42. The van der Waals surface area contributed by atoms with Crippen molar-refractivity contribution in [3.05, 3.63) is 53.1 Å². The van der Waals surface area contributed by atoms with E-state index in [4.69, 9.17) is 4.74 Å². The van der Waals surface area contributed by atoms with E-state index >= 15 is 0 Å². The molecule has 0 saturated carbocycles. The van der Waals surface area contributed by atoms with Crippen molar-refractivity contribution in [2.24, 2.45) is 5.92 Å². The number of piperidine rings is 1. The number of benzene rings is 1. The molecule has 1 unspecified atom stereocenters. The Hall–Kier alpha value is -2.07. The van der Waals surface area contributed by atoms with Gasteiger partial charge >= 0.3 is 5.97 Å². The second kappa shape index (κ2) is 7.89. The highest BCUT2D eigenvalue weighted by atomic mass is 16.5. The summed E-state index contributed by atoms with van der Waals surface area (Å²) >= 11 is 0. The monoisotopic (exact) mass is 369 g/mol. The number of hydrogen-bond donors (Lipinski definition) is 1. The Morgan fingerprint density at radius 3 is 2.56 bits per heavy atom. The van der Waals surface area contributed by atoms with Crippen molar-refractivity contribution in [2.75, 3.05) is 19.7 Å². The summed E-state index contributed by atoms with van der Waals surface area (Å²) in [6.45, 7) is 10.1. The number of carbonyl (C=O) groups is 1. The fourth-order valence-corrected chi connectivity index (χ4v) is 4.49. The van der Waals surface area contributed by atoms with Gasteiger partial charge < -0.3 is 9.84 Å². The van der Waals surface area contributed by atoms with E-state index in [9.17, 15) is 9.90 Å².